The fourth-order valence-electron chi connectivity index (χ4n) is 5.89. The summed E-state index contributed by atoms with van der Waals surface area (Å²) in [5, 5.41) is 7.14. The van der Waals surface area contributed by atoms with Gasteiger partial charge in [-0.05, 0) is 68.2 Å². The number of para-hydroxylation sites is 1. The highest BCUT2D eigenvalue weighted by atomic mass is 16.7. The number of furan rings is 1. The van der Waals surface area contributed by atoms with Crippen LogP contribution in [0.3, 0.4) is 0 Å². The highest BCUT2D eigenvalue weighted by Crippen LogP contribution is 2.44. The molecule has 3 aromatic heterocycles. The SMILES string of the molecule is CC1(C)OB(c2ccc3c(c2)c2cccc4ccc5oc6c7ccccc7n3c6c5c42)OC1(C)C. The third-order valence-electron chi connectivity index (χ3n) is 8.36. The summed E-state index contributed by atoms with van der Waals surface area (Å²) in [6, 6.07) is 26.0. The Morgan fingerprint density at radius 3 is 2.26 bits per heavy atom. The number of hydrogen-bond donors (Lipinski definition) is 0. The van der Waals surface area contributed by atoms with Crippen LogP contribution < -0.4 is 5.46 Å². The van der Waals surface area contributed by atoms with Crippen LogP contribution in [-0.4, -0.2) is 22.7 Å². The molecule has 35 heavy (non-hydrogen) atoms. The summed E-state index contributed by atoms with van der Waals surface area (Å²) in [4.78, 5) is 0. The second-order valence-corrected chi connectivity index (χ2v) is 10.8. The molecular weight excluding hydrogens is 433 g/mol. The molecule has 170 valence electrons. The van der Waals surface area contributed by atoms with Gasteiger partial charge in [-0.25, -0.2) is 0 Å². The van der Waals surface area contributed by atoms with Crippen LogP contribution in [0.15, 0.2) is 77.2 Å². The van der Waals surface area contributed by atoms with Gasteiger partial charge in [0.05, 0.1) is 27.6 Å². The Morgan fingerprint density at radius 2 is 1.43 bits per heavy atom. The lowest BCUT2D eigenvalue weighted by Crippen LogP contribution is -2.41. The number of benzene rings is 4. The third-order valence-corrected chi connectivity index (χ3v) is 8.36. The lowest BCUT2D eigenvalue weighted by Gasteiger charge is -2.32. The van der Waals surface area contributed by atoms with Crippen molar-refractivity contribution in [1.29, 1.82) is 0 Å². The van der Waals surface area contributed by atoms with Crippen LogP contribution in [0.5, 0.6) is 0 Å². The fraction of sp³-hybridized carbons (Fsp3) is 0.200. The van der Waals surface area contributed by atoms with Crippen molar-refractivity contribution >= 4 is 72.6 Å². The van der Waals surface area contributed by atoms with Gasteiger partial charge in [-0.15, -0.1) is 0 Å². The molecule has 0 saturated carbocycles. The van der Waals surface area contributed by atoms with Gasteiger partial charge < -0.3 is 18.1 Å². The molecule has 0 amide bonds. The Labute approximate surface area is 202 Å². The summed E-state index contributed by atoms with van der Waals surface area (Å²) in [6.45, 7) is 8.39. The smallest absolute Gasteiger partial charge is 0.454 e. The molecule has 4 aromatic carbocycles. The number of aromatic nitrogens is 1. The minimum atomic E-state index is -0.411. The zero-order valence-corrected chi connectivity index (χ0v) is 20.2. The molecule has 1 fully saturated rings. The Hall–Kier alpha value is -3.54. The van der Waals surface area contributed by atoms with E-state index in [1.165, 1.54) is 26.9 Å². The molecule has 1 aliphatic heterocycles. The van der Waals surface area contributed by atoms with E-state index in [-0.39, 0.29) is 11.2 Å². The molecule has 4 nitrogen and oxygen atoms in total. The minimum absolute atomic E-state index is 0.386. The van der Waals surface area contributed by atoms with E-state index in [0.29, 0.717) is 0 Å². The van der Waals surface area contributed by atoms with Crippen LogP contribution in [0.25, 0.3) is 60.0 Å². The minimum Gasteiger partial charge on any atom is -0.454 e. The largest absolute Gasteiger partial charge is 0.494 e. The quantitative estimate of drug-likeness (QED) is 0.248. The maximum Gasteiger partial charge on any atom is 0.494 e. The summed E-state index contributed by atoms with van der Waals surface area (Å²) in [7, 11) is -0.411. The van der Waals surface area contributed by atoms with E-state index >= 15 is 0 Å². The summed E-state index contributed by atoms with van der Waals surface area (Å²) in [5.41, 5.74) is 5.56. The summed E-state index contributed by atoms with van der Waals surface area (Å²) in [5.74, 6) is 0. The Bertz CT molecular complexity index is 1960. The van der Waals surface area contributed by atoms with Crippen molar-refractivity contribution in [2.24, 2.45) is 0 Å². The van der Waals surface area contributed by atoms with E-state index in [0.717, 1.165) is 38.6 Å². The van der Waals surface area contributed by atoms with Crippen LogP contribution >= 0.6 is 0 Å². The van der Waals surface area contributed by atoms with E-state index in [9.17, 15) is 0 Å². The first-order valence-electron chi connectivity index (χ1n) is 12.2. The van der Waals surface area contributed by atoms with Crippen LogP contribution in [0.4, 0.5) is 0 Å². The topological polar surface area (TPSA) is 36.0 Å². The molecule has 1 aliphatic rings. The molecule has 0 radical (unpaired) electrons. The van der Waals surface area contributed by atoms with Gasteiger partial charge in [-0.3, -0.25) is 0 Å². The van der Waals surface area contributed by atoms with Gasteiger partial charge in [-0.2, -0.15) is 0 Å². The van der Waals surface area contributed by atoms with Gasteiger partial charge in [0.15, 0.2) is 5.58 Å². The maximum absolute atomic E-state index is 6.49. The molecule has 0 spiro atoms. The molecule has 4 heterocycles. The molecular formula is C30H24BNO3. The van der Waals surface area contributed by atoms with Crippen LogP contribution in [0.2, 0.25) is 0 Å². The maximum atomic E-state index is 6.49. The Balaban J connectivity index is 1.58. The molecule has 0 aliphatic carbocycles. The standard InChI is InChI=1S/C30H24BNO3/c1-29(2)30(3,4)35-31(34-29)18-13-14-23-21(16-18)19-10-7-8-17-12-15-24-26(25(17)19)27-28(33-24)20-9-5-6-11-22(20)32(23)27/h5-16H,1-4H3. The van der Waals surface area contributed by atoms with Crippen LogP contribution in [0.1, 0.15) is 27.7 Å². The van der Waals surface area contributed by atoms with Crippen molar-refractivity contribution in [2.75, 3.05) is 0 Å². The van der Waals surface area contributed by atoms with Crippen molar-refractivity contribution in [3.05, 3.63) is 72.8 Å². The van der Waals surface area contributed by atoms with Crippen molar-refractivity contribution in [3.8, 4) is 0 Å². The first-order chi connectivity index (χ1) is 16.8. The predicted molar refractivity (Wildman–Crippen MR) is 144 cm³/mol. The second-order valence-electron chi connectivity index (χ2n) is 10.8. The average molecular weight is 457 g/mol. The summed E-state index contributed by atoms with van der Waals surface area (Å²) in [6.07, 6.45) is 0. The van der Waals surface area contributed by atoms with Gasteiger partial charge >= 0.3 is 7.12 Å². The number of rotatable bonds is 1. The average Bonchev–Trinajstić information content (AvgIpc) is 3.40. The number of nitrogens with zero attached hydrogens (tertiary/aromatic N) is 1. The predicted octanol–water partition coefficient (Wildman–Crippen LogP) is 7.04. The first-order valence-corrected chi connectivity index (χ1v) is 12.2. The molecule has 0 atom stereocenters. The van der Waals surface area contributed by atoms with Crippen molar-refractivity contribution < 1.29 is 13.7 Å². The molecule has 0 unspecified atom stereocenters. The molecule has 7 aromatic rings. The molecule has 1 saturated heterocycles. The highest BCUT2D eigenvalue weighted by Gasteiger charge is 2.51. The van der Waals surface area contributed by atoms with Gasteiger partial charge in [-0.1, -0.05) is 48.5 Å². The van der Waals surface area contributed by atoms with E-state index in [1.54, 1.807) is 0 Å². The van der Waals surface area contributed by atoms with E-state index < -0.39 is 7.12 Å². The van der Waals surface area contributed by atoms with Gasteiger partial charge in [0, 0.05) is 16.2 Å². The number of hydrogen-bond acceptors (Lipinski definition) is 3. The van der Waals surface area contributed by atoms with Gasteiger partial charge in [0.1, 0.15) is 11.1 Å². The van der Waals surface area contributed by atoms with E-state index in [4.69, 9.17) is 13.7 Å². The van der Waals surface area contributed by atoms with Crippen molar-refractivity contribution in [2.45, 2.75) is 38.9 Å². The fourth-order valence-corrected chi connectivity index (χ4v) is 5.89. The third kappa shape index (κ3) is 2.35. The zero-order chi connectivity index (χ0) is 23.7. The van der Waals surface area contributed by atoms with Crippen molar-refractivity contribution in [3.63, 3.8) is 0 Å². The monoisotopic (exact) mass is 457 g/mol. The van der Waals surface area contributed by atoms with Crippen LogP contribution in [-0.2, 0) is 9.31 Å². The summed E-state index contributed by atoms with van der Waals surface area (Å²) < 4.78 is 21.7. The lowest BCUT2D eigenvalue weighted by atomic mass is 9.78. The normalized spacial score (nSPS) is 17.9. The second kappa shape index (κ2) is 6.17. The Morgan fingerprint density at radius 1 is 0.686 bits per heavy atom. The summed E-state index contributed by atoms with van der Waals surface area (Å²) >= 11 is 0. The lowest BCUT2D eigenvalue weighted by molar-refractivity contribution is 0.00578. The molecule has 8 rings (SSSR count). The van der Waals surface area contributed by atoms with Gasteiger partial charge in [0.2, 0.25) is 0 Å². The van der Waals surface area contributed by atoms with E-state index in [2.05, 4.69) is 105 Å². The Kier molecular flexibility index (Phi) is 3.48. The van der Waals surface area contributed by atoms with Gasteiger partial charge in [0.25, 0.3) is 0 Å². The zero-order valence-electron chi connectivity index (χ0n) is 20.2. The number of fused-ring (bicyclic) bond motifs is 6. The molecule has 5 heteroatoms. The molecule has 0 N–H and O–H groups in total. The highest BCUT2D eigenvalue weighted by molar-refractivity contribution is 6.62. The van der Waals surface area contributed by atoms with Crippen LogP contribution in [0, 0.1) is 0 Å². The molecule has 0 bridgehead atoms. The van der Waals surface area contributed by atoms with Crippen molar-refractivity contribution in [1.82, 2.24) is 4.40 Å². The van der Waals surface area contributed by atoms with E-state index in [1.807, 2.05) is 0 Å². The first kappa shape index (κ1) is 19.7.